The monoisotopic (exact) mass is 275 g/mol. The number of nitrogens with zero attached hydrogens (tertiary/aromatic N) is 2. The van der Waals surface area contributed by atoms with Gasteiger partial charge < -0.3 is 10.2 Å². The Labute approximate surface area is 119 Å². The molecule has 5 heteroatoms. The van der Waals surface area contributed by atoms with Gasteiger partial charge in [-0.3, -0.25) is 4.90 Å². The first-order valence-electron chi connectivity index (χ1n) is 7.22. The van der Waals surface area contributed by atoms with Crippen molar-refractivity contribution in [2.24, 2.45) is 0 Å². The third-order valence-electron chi connectivity index (χ3n) is 4.00. The number of hydrogen-bond donors (Lipinski definition) is 1. The number of fused-ring (bicyclic) bond motifs is 1. The third-order valence-corrected chi connectivity index (χ3v) is 4.00. The van der Waals surface area contributed by atoms with Gasteiger partial charge in [-0.2, -0.15) is 0 Å². The summed E-state index contributed by atoms with van der Waals surface area (Å²) in [5.41, 5.74) is 0.602. The Balaban J connectivity index is 1.56. The first-order chi connectivity index (χ1) is 9.72. The zero-order chi connectivity index (χ0) is 13.9. The van der Waals surface area contributed by atoms with Crippen molar-refractivity contribution in [3.05, 3.63) is 35.9 Å². The molecule has 0 aliphatic carbocycles. The van der Waals surface area contributed by atoms with E-state index in [0.29, 0.717) is 17.6 Å². The van der Waals surface area contributed by atoms with Gasteiger partial charge in [0, 0.05) is 38.3 Å². The molecule has 0 bridgehead atoms. The standard InChI is InChI=1S/C15H21N3O2/c1-12-10-17-7-8-18(11-14(17)9-16-12)20-15(19)13-5-3-2-4-6-13/h2-6,12,14,16H,7-11H2,1H3/t12-,14?/m0/s1. The van der Waals surface area contributed by atoms with Crippen LogP contribution < -0.4 is 5.32 Å². The summed E-state index contributed by atoms with van der Waals surface area (Å²) in [7, 11) is 0. The topological polar surface area (TPSA) is 44.8 Å². The molecule has 2 aliphatic rings. The summed E-state index contributed by atoms with van der Waals surface area (Å²) >= 11 is 0. The lowest BCUT2D eigenvalue weighted by atomic mass is 10.1. The van der Waals surface area contributed by atoms with Gasteiger partial charge in [-0.1, -0.05) is 18.2 Å². The van der Waals surface area contributed by atoms with E-state index in [1.807, 2.05) is 18.2 Å². The summed E-state index contributed by atoms with van der Waals surface area (Å²) in [5.74, 6) is -0.267. The summed E-state index contributed by atoms with van der Waals surface area (Å²) in [5, 5.41) is 5.28. The fourth-order valence-corrected chi connectivity index (χ4v) is 2.88. The fourth-order valence-electron chi connectivity index (χ4n) is 2.88. The quantitative estimate of drug-likeness (QED) is 0.862. The second-order valence-electron chi connectivity index (χ2n) is 5.59. The van der Waals surface area contributed by atoms with Gasteiger partial charge in [-0.15, -0.1) is 5.06 Å². The zero-order valence-electron chi connectivity index (χ0n) is 11.8. The zero-order valence-corrected chi connectivity index (χ0v) is 11.8. The molecule has 1 unspecified atom stereocenters. The van der Waals surface area contributed by atoms with Crippen molar-refractivity contribution in [2.45, 2.75) is 19.0 Å². The Morgan fingerprint density at radius 2 is 2.05 bits per heavy atom. The average molecular weight is 275 g/mol. The van der Waals surface area contributed by atoms with E-state index in [4.69, 9.17) is 4.84 Å². The van der Waals surface area contributed by atoms with E-state index in [0.717, 1.165) is 32.7 Å². The summed E-state index contributed by atoms with van der Waals surface area (Å²) in [4.78, 5) is 20.0. The minimum absolute atomic E-state index is 0.267. The summed E-state index contributed by atoms with van der Waals surface area (Å²) in [6.07, 6.45) is 0. The number of benzene rings is 1. The van der Waals surface area contributed by atoms with Crippen molar-refractivity contribution in [1.29, 1.82) is 0 Å². The first kappa shape index (κ1) is 13.5. The molecule has 2 saturated heterocycles. The number of carbonyl (C=O) groups is 1. The molecule has 2 atom stereocenters. The molecule has 2 heterocycles. The van der Waals surface area contributed by atoms with Gasteiger partial charge in [0.05, 0.1) is 12.1 Å². The van der Waals surface area contributed by atoms with Crippen molar-refractivity contribution in [3.8, 4) is 0 Å². The second kappa shape index (κ2) is 5.91. The lowest BCUT2D eigenvalue weighted by Gasteiger charge is -2.45. The largest absolute Gasteiger partial charge is 0.364 e. The van der Waals surface area contributed by atoms with Crippen LogP contribution in [0, 0.1) is 0 Å². The van der Waals surface area contributed by atoms with E-state index < -0.39 is 0 Å². The third kappa shape index (κ3) is 3.00. The van der Waals surface area contributed by atoms with Crippen molar-refractivity contribution < 1.29 is 9.63 Å². The van der Waals surface area contributed by atoms with Crippen molar-refractivity contribution in [3.63, 3.8) is 0 Å². The molecule has 0 saturated carbocycles. The smallest absolute Gasteiger partial charge is 0.357 e. The molecular weight excluding hydrogens is 254 g/mol. The molecule has 3 rings (SSSR count). The molecule has 1 N–H and O–H groups in total. The van der Waals surface area contributed by atoms with Gasteiger partial charge in [-0.25, -0.2) is 4.79 Å². The van der Waals surface area contributed by atoms with Crippen LogP contribution in [0.1, 0.15) is 17.3 Å². The molecule has 5 nitrogen and oxygen atoms in total. The minimum Gasteiger partial charge on any atom is -0.364 e. The van der Waals surface area contributed by atoms with Gasteiger partial charge in [0.25, 0.3) is 0 Å². The Morgan fingerprint density at radius 1 is 1.25 bits per heavy atom. The predicted molar refractivity (Wildman–Crippen MR) is 76.3 cm³/mol. The van der Waals surface area contributed by atoms with E-state index in [1.54, 1.807) is 17.2 Å². The van der Waals surface area contributed by atoms with Crippen LogP contribution in [0.15, 0.2) is 30.3 Å². The van der Waals surface area contributed by atoms with Crippen LogP contribution in [-0.4, -0.2) is 60.7 Å². The van der Waals surface area contributed by atoms with Gasteiger partial charge in [0.1, 0.15) is 0 Å². The van der Waals surface area contributed by atoms with E-state index in [9.17, 15) is 4.79 Å². The number of nitrogens with one attached hydrogen (secondary N) is 1. The Hall–Kier alpha value is -1.43. The highest BCUT2D eigenvalue weighted by Crippen LogP contribution is 2.15. The van der Waals surface area contributed by atoms with Gasteiger partial charge in [-0.05, 0) is 19.1 Å². The van der Waals surface area contributed by atoms with Crippen molar-refractivity contribution in [1.82, 2.24) is 15.3 Å². The number of hydrogen-bond acceptors (Lipinski definition) is 5. The number of carbonyl (C=O) groups excluding carboxylic acids is 1. The number of hydroxylamine groups is 2. The molecule has 0 radical (unpaired) electrons. The van der Waals surface area contributed by atoms with E-state index >= 15 is 0 Å². The molecule has 2 fully saturated rings. The lowest BCUT2D eigenvalue weighted by Crippen LogP contribution is -2.63. The van der Waals surface area contributed by atoms with Crippen LogP contribution >= 0.6 is 0 Å². The maximum atomic E-state index is 12.0. The van der Waals surface area contributed by atoms with Crippen LogP contribution in [0.3, 0.4) is 0 Å². The fraction of sp³-hybridized carbons (Fsp3) is 0.533. The summed E-state index contributed by atoms with van der Waals surface area (Å²) in [6, 6.07) is 10.1. The summed E-state index contributed by atoms with van der Waals surface area (Å²) in [6.45, 7) is 6.75. The normalized spacial score (nSPS) is 27.9. The van der Waals surface area contributed by atoms with Gasteiger partial charge in [0.2, 0.25) is 0 Å². The highest BCUT2D eigenvalue weighted by atomic mass is 16.7. The number of rotatable bonds is 2. The molecule has 0 amide bonds. The van der Waals surface area contributed by atoms with Crippen LogP contribution in [0.5, 0.6) is 0 Å². The number of piperazine rings is 2. The Morgan fingerprint density at radius 3 is 2.85 bits per heavy atom. The predicted octanol–water partition coefficient (Wildman–Crippen LogP) is 0.736. The lowest BCUT2D eigenvalue weighted by molar-refractivity contribution is -0.147. The van der Waals surface area contributed by atoms with E-state index in [-0.39, 0.29) is 5.97 Å². The molecule has 20 heavy (non-hydrogen) atoms. The maximum Gasteiger partial charge on any atom is 0.357 e. The van der Waals surface area contributed by atoms with Crippen LogP contribution in [0.4, 0.5) is 0 Å². The van der Waals surface area contributed by atoms with Crippen LogP contribution in [-0.2, 0) is 4.84 Å². The van der Waals surface area contributed by atoms with Crippen LogP contribution in [0.25, 0.3) is 0 Å². The van der Waals surface area contributed by atoms with Crippen LogP contribution in [0.2, 0.25) is 0 Å². The van der Waals surface area contributed by atoms with E-state index in [1.165, 1.54) is 0 Å². The SMILES string of the molecule is C[C@H]1CN2CCN(OC(=O)c3ccccc3)CC2CN1. The minimum atomic E-state index is -0.267. The average Bonchev–Trinajstić information content (AvgIpc) is 2.48. The molecule has 1 aromatic rings. The maximum absolute atomic E-state index is 12.0. The second-order valence-corrected chi connectivity index (χ2v) is 5.59. The molecular formula is C15H21N3O2. The molecule has 108 valence electrons. The van der Waals surface area contributed by atoms with Gasteiger partial charge >= 0.3 is 5.97 Å². The van der Waals surface area contributed by atoms with Gasteiger partial charge in [0.15, 0.2) is 0 Å². The molecule has 2 aliphatic heterocycles. The highest BCUT2D eigenvalue weighted by molar-refractivity contribution is 5.89. The molecule has 0 spiro atoms. The Bertz CT molecular complexity index is 465. The van der Waals surface area contributed by atoms with E-state index in [2.05, 4.69) is 17.1 Å². The van der Waals surface area contributed by atoms with Crippen molar-refractivity contribution in [2.75, 3.05) is 32.7 Å². The first-order valence-corrected chi connectivity index (χ1v) is 7.22. The van der Waals surface area contributed by atoms with Crippen molar-refractivity contribution >= 4 is 5.97 Å². The molecule has 1 aromatic carbocycles. The Kier molecular flexibility index (Phi) is 4.00. The molecule has 0 aromatic heterocycles. The highest BCUT2D eigenvalue weighted by Gasteiger charge is 2.32. The summed E-state index contributed by atoms with van der Waals surface area (Å²) < 4.78 is 0.